The summed E-state index contributed by atoms with van der Waals surface area (Å²) in [5.41, 5.74) is 0. The average Bonchev–Trinajstić information content (AvgIpc) is 2.26. The molecule has 0 aliphatic carbocycles. The molecule has 3 nitrogen and oxygen atoms in total. The average molecular weight is 190 g/mol. The lowest BCUT2D eigenvalue weighted by molar-refractivity contribution is -0.104. The Morgan fingerprint density at radius 1 is 1.29 bits per heavy atom. The van der Waals surface area contributed by atoms with Gasteiger partial charge in [0.05, 0.1) is 0 Å². The molecular weight excluding hydrogens is 180 g/mol. The molecule has 0 N–H and O–H groups in total. The number of allylic oxidation sites excluding steroid dienone is 1. The number of carbonyl (C=O) groups is 1. The van der Waals surface area contributed by atoms with Crippen LogP contribution in [-0.4, -0.2) is 19.0 Å². The fourth-order valence-corrected chi connectivity index (χ4v) is 1.30. The Hall–Kier alpha value is -1.77. The lowest BCUT2D eigenvalue weighted by Crippen LogP contribution is -2.26. The standard InChI is InChI=1S/C11H10O3/c12-7-3-4-9-8-13-10-5-1-2-6-11(10)14-9/h1-7,9H,8H2/b4-3+. The van der Waals surface area contributed by atoms with E-state index in [0.29, 0.717) is 6.61 Å². The quantitative estimate of drug-likeness (QED) is 0.524. The molecule has 1 aliphatic heterocycles. The molecule has 1 aromatic rings. The molecule has 2 rings (SSSR count). The Balaban J connectivity index is 2.13. The second-order valence-corrected chi connectivity index (χ2v) is 2.94. The van der Waals surface area contributed by atoms with E-state index in [4.69, 9.17) is 9.47 Å². The zero-order chi connectivity index (χ0) is 9.80. The normalized spacial score (nSPS) is 19.6. The third-order valence-corrected chi connectivity index (χ3v) is 1.93. The largest absolute Gasteiger partial charge is 0.485 e. The van der Waals surface area contributed by atoms with E-state index >= 15 is 0 Å². The number of ether oxygens (including phenoxy) is 2. The Morgan fingerprint density at radius 3 is 2.86 bits per heavy atom. The summed E-state index contributed by atoms with van der Waals surface area (Å²) in [5, 5.41) is 0. The summed E-state index contributed by atoms with van der Waals surface area (Å²) in [6.45, 7) is 0.446. The van der Waals surface area contributed by atoms with E-state index < -0.39 is 0 Å². The number of rotatable bonds is 2. The molecule has 0 saturated carbocycles. The smallest absolute Gasteiger partial charge is 0.162 e. The second-order valence-electron chi connectivity index (χ2n) is 2.94. The molecule has 1 aliphatic rings. The van der Waals surface area contributed by atoms with Gasteiger partial charge in [0.2, 0.25) is 0 Å². The van der Waals surface area contributed by atoms with Gasteiger partial charge in [-0.2, -0.15) is 0 Å². The van der Waals surface area contributed by atoms with Crippen LogP contribution in [0.15, 0.2) is 36.4 Å². The number of aldehydes is 1. The van der Waals surface area contributed by atoms with Crippen molar-refractivity contribution in [1.29, 1.82) is 0 Å². The zero-order valence-electron chi connectivity index (χ0n) is 7.55. The first-order valence-electron chi connectivity index (χ1n) is 4.40. The van der Waals surface area contributed by atoms with Gasteiger partial charge >= 0.3 is 0 Å². The predicted octanol–water partition coefficient (Wildman–Crippen LogP) is 1.58. The van der Waals surface area contributed by atoms with Crippen molar-refractivity contribution in [2.24, 2.45) is 0 Å². The fourth-order valence-electron chi connectivity index (χ4n) is 1.30. The summed E-state index contributed by atoms with van der Waals surface area (Å²) in [4.78, 5) is 10.1. The van der Waals surface area contributed by atoms with Crippen LogP contribution in [0, 0.1) is 0 Å². The van der Waals surface area contributed by atoms with E-state index in [1.165, 1.54) is 6.08 Å². The lowest BCUT2D eigenvalue weighted by atomic mass is 10.2. The Morgan fingerprint density at radius 2 is 2.07 bits per heavy atom. The van der Waals surface area contributed by atoms with Crippen LogP contribution >= 0.6 is 0 Å². The molecule has 1 aromatic carbocycles. The highest BCUT2D eigenvalue weighted by molar-refractivity contribution is 5.64. The van der Waals surface area contributed by atoms with Gasteiger partial charge in [-0.1, -0.05) is 12.1 Å². The van der Waals surface area contributed by atoms with Gasteiger partial charge in [0, 0.05) is 0 Å². The summed E-state index contributed by atoms with van der Waals surface area (Å²) in [6.07, 6.45) is 3.66. The summed E-state index contributed by atoms with van der Waals surface area (Å²) < 4.78 is 11.0. The molecule has 0 amide bonds. The fraction of sp³-hybridized carbons (Fsp3) is 0.182. The first kappa shape index (κ1) is 8.81. The maximum atomic E-state index is 10.1. The van der Waals surface area contributed by atoms with Gasteiger partial charge in [0.1, 0.15) is 12.9 Å². The molecule has 0 aromatic heterocycles. The summed E-state index contributed by atoms with van der Waals surface area (Å²) in [6, 6.07) is 7.48. The number of hydrogen-bond donors (Lipinski definition) is 0. The van der Waals surface area contributed by atoms with Gasteiger partial charge in [0.15, 0.2) is 17.6 Å². The number of hydrogen-bond acceptors (Lipinski definition) is 3. The molecule has 1 heterocycles. The van der Waals surface area contributed by atoms with E-state index in [2.05, 4.69) is 0 Å². The summed E-state index contributed by atoms with van der Waals surface area (Å²) in [5.74, 6) is 1.47. The lowest BCUT2D eigenvalue weighted by Gasteiger charge is -2.24. The van der Waals surface area contributed by atoms with Crippen LogP contribution in [0.1, 0.15) is 0 Å². The topological polar surface area (TPSA) is 35.5 Å². The van der Waals surface area contributed by atoms with E-state index in [-0.39, 0.29) is 6.10 Å². The van der Waals surface area contributed by atoms with Crippen LogP contribution in [0.3, 0.4) is 0 Å². The number of carbonyl (C=O) groups excluding carboxylic acids is 1. The van der Waals surface area contributed by atoms with Gasteiger partial charge in [0.25, 0.3) is 0 Å². The van der Waals surface area contributed by atoms with Crippen molar-refractivity contribution >= 4 is 6.29 Å². The molecule has 0 saturated heterocycles. The first-order chi connectivity index (χ1) is 6.90. The van der Waals surface area contributed by atoms with Gasteiger partial charge in [-0.3, -0.25) is 4.79 Å². The van der Waals surface area contributed by atoms with E-state index in [1.807, 2.05) is 24.3 Å². The molecule has 0 radical (unpaired) electrons. The van der Waals surface area contributed by atoms with E-state index in [9.17, 15) is 4.79 Å². The summed E-state index contributed by atoms with van der Waals surface area (Å²) >= 11 is 0. The van der Waals surface area contributed by atoms with E-state index in [1.54, 1.807) is 6.08 Å². The molecule has 0 fully saturated rings. The highest BCUT2D eigenvalue weighted by atomic mass is 16.6. The minimum Gasteiger partial charge on any atom is -0.485 e. The highest BCUT2D eigenvalue weighted by Crippen LogP contribution is 2.30. The van der Waals surface area contributed by atoms with Gasteiger partial charge in [-0.25, -0.2) is 0 Å². The summed E-state index contributed by atoms with van der Waals surface area (Å²) in [7, 11) is 0. The van der Waals surface area contributed by atoms with E-state index in [0.717, 1.165) is 17.8 Å². The Bertz CT molecular complexity index is 357. The molecule has 1 unspecified atom stereocenters. The number of para-hydroxylation sites is 2. The Labute approximate surface area is 81.9 Å². The zero-order valence-corrected chi connectivity index (χ0v) is 7.55. The van der Waals surface area contributed by atoms with Crippen molar-refractivity contribution in [3.63, 3.8) is 0 Å². The van der Waals surface area contributed by atoms with Crippen LogP contribution < -0.4 is 9.47 Å². The van der Waals surface area contributed by atoms with Crippen molar-refractivity contribution in [3.05, 3.63) is 36.4 Å². The molecule has 72 valence electrons. The van der Waals surface area contributed by atoms with Crippen molar-refractivity contribution in [1.82, 2.24) is 0 Å². The van der Waals surface area contributed by atoms with Crippen molar-refractivity contribution < 1.29 is 14.3 Å². The minimum atomic E-state index is -0.171. The second kappa shape index (κ2) is 3.96. The Kier molecular flexibility index (Phi) is 2.49. The van der Waals surface area contributed by atoms with Crippen molar-refractivity contribution in [2.75, 3.05) is 6.61 Å². The monoisotopic (exact) mass is 190 g/mol. The predicted molar refractivity (Wildman–Crippen MR) is 51.6 cm³/mol. The third-order valence-electron chi connectivity index (χ3n) is 1.93. The van der Waals surface area contributed by atoms with Crippen molar-refractivity contribution in [2.45, 2.75) is 6.10 Å². The molecular formula is C11H10O3. The molecule has 1 atom stereocenters. The van der Waals surface area contributed by atoms with Crippen LogP contribution in [0.2, 0.25) is 0 Å². The maximum Gasteiger partial charge on any atom is 0.162 e. The molecule has 0 spiro atoms. The van der Waals surface area contributed by atoms with Crippen LogP contribution in [0.25, 0.3) is 0 Å². The van der Waals surface area contributed by atoms with Crippen LogP contribution in [-0.2, 0) is 4.79 Å². The maximum absolute atomic E-state index is 10.1. The van der Waals surface area contributed by atoms with Crippen molar-refractivity contribution in [3.8, 4) is 11.5 Å². The molecule has 0 bridgehead atoms. The third kappa shape index (κ3) is 1.76. The van der Waals surface area contributed by atoms with Crippen LogP contribution in [0.5, 0.6) is 11.5 Å². The molecule has 14 heavy (non-hydrogen) atoms. The van der Waals surface area contributed by atoms with Gasteiger partial charge in [-0.15, -0.1) is 0 Å². The molecule has 3 heteroatoms. The minimum absolute atomic E-state index is 0.171. The van der Waals surface area contributed by atoms with Crippen LogP contribution in [0.4, 0.5) is 0 Å². The highest BCUT2D eigenvalue weighted by Gasteiger charge is 2.17. The van der Waals surface area contributed by atoms with Gasteiger partial charge < -0.3 is 9.47 Å². The number of fused-ring (bicyclic) bond motifs is 1. The number of benzene rings is 1. The SMILES string of the molecule is O=C/C=C/C1COc2ccccc2O1. The first-order valence-corrected chi connectivity index (χ1v) is 4.40. The van der Waals surface area contributed by atoms with Gasteiger partial charge in [-0.05, 0) is 24.3 Å².